The number of ether oxygens (including phenoxy) is 2. The normalized spacial score (nSPS) is 10.1. The minimum absolute atomic E-state index is 0.663. The fourth-order valence-electron chi connectivity index (χ4n) is 1.16. The summed E-state index contributed by atoms with van der Waals surface area (Å²) in [6.45, 7) is 0. The minimum Gasteiger partial charge on any atom is -0.496 e. The van der Waals surface area contributed by atoms with Gasteiger partial charge in [-0.1, -0.05) is 6.07 Å². The van der Waals surface area contributed by atoms with Gasteiger partial charge in [0.25, 0.3) is 0 Å². The SMILES string of the molecule is COc1cccc(OC)c1/C=C/[C]=O. The van der Waals surface area contributed by atoms with Crippen LogP contribution in [0.1, 0.15) is 5.56 Å². The molecule has 3 nitrogen and oxygen atoms in total. The molecule has 14 heavy (non-hydrogen) atoms. The molecule has 0 N–H and O–H groups in total. The second kappa shape index (κ2) is 5.07. The smallest absolute Gasteiger partial charge is 0.225 e. The van der Waals surface area contributed by atoms with Gasteiger partial charge >= 0.3 is 0 Å². The summed E-state index contributed by atoms with van der Waals surface area (Å²) in [4.78, 5) is 10.1. The molecule has 73 valence electrons. The van der Waals surface area contributed by atoms with E-state index < -0.39 is 0 Å². The molecule has 0 saturated heterocycles. The number of methoxy groups -OCH3 is 2. The van der Waals surface area contributed by atoms with Gasteiger partial charge in [-0.05, 0) is 24.3 Å². The molecule has 0 heterocycles. The molecular weight excluding hydrogens is 180 g/mol. The molecule has 0 atom stereocenters. The highest BCUT2D eigenvalue weighted by atomic mass is 16.5. The van der Waals surface area contributed by atoms with Crippen molar-refractivity contribution in [2.24, 2.45) is 0 Å². The Hall–Kier alpha value is -1.77. The van der Waals surface area contributed by atoms with E-state index in [2.05, 4.69) is 0 Å². The van der Waals surface area contributed by atoms with E-state index in [0.29, 0.717) is 11.5 Å². The Labute approximate surface area is 83.0 Å². The first-order valence-electron chi connectivity index (χ1n) is 4.08. The molecule has 0 saturated carbocycles. The van der Waals surface area contributed by atoms with E-state index in [1.54, 1.807) is 38.7 Å². The lowest BCUT2D eigenvalue weighted by Crippen LogP contribution is -1.91. The van der Waals surface area contributed by atoms with Crippen LogP contribution < -0.4 is 9.47 Å². The Morgan fingerprint density at radius 1 is 1.21 bits per heavy atom. The average Bonchev–Trinajstić information content (AvgIpc) is 2.25. The van der Waals surface area contributed by atoms with Crippen molar-refractivity contribution in [1.82, 2.24) is 0 Å². The predicted molar refractivity (Wildman–Crippen MR) is 54.3 cm³/mol. The number of allylic oxidation sites excluding steroid dienone is 1. The van der Waals surface area contributed by atoms with Gasteiger partial charge in [-0.15, -0.1) is 0 Å². The molecule has 0 spiro atoms. The summed E-state index contributed by atoms with van der Waals surface area (Å²) in [6, 6.07) is 5.42. The van der Waals surface area contributed by atoms with Crippen LogP contribution >= 0.6 is 0 Å². The summed E-state index contributed by atoms with van der Waals surface area (Å²) in [7, 11) is 3.13. The molecule has 0 amide bonds. The highest BCUT2D eigenvalue weighted by Gasteiger charge is 2.05. The maximum atomic E-state index is 10.1. The van der Waals surface area contributed by atoms with Crippen LogP contribution in [0.5, 0.6) is 11.5 Å². The van der Waals surface area contributed by atoms with E-state index in [1.807, 2.05) is 6.07 Å². The Morgan fingerprint density at radius 3 is 2.21 bits per heavy atom. The number of benzene rings is 1. The van der Waals surface area contributed by atoms with Crippen molar-refractivity contribution >= 4 is 12.4 Å². The Bertz CT molecular complexity index is 320. The van der Waals surface area contributed by atoms with E-state index in [1.165, 1.54) is 6.08 Å². The van der Waals surface area contributed by atoms with E-state index >= 15 is 0 Å². The van der Waals surface area contributed by atoms with E-state index in [-0.39, 0.29) is 0 Å². The number of hydrogen-bond acceptors (Lipinski definition) is 3. The van der Waals surface area contributed by atoms with Gasteiger partial charge in [-0.2, -0.15) is 0 Å². The summed E-state index contributed by atoms with van der Waals surface area (Å²) in [5.41, 5.74) is 0.737. The third-order valence-corrected chi connectivity index (χ3v) is 1.78. The molecule has 0 aliphatic carbocycles. The highest BCUT2D eigenvalue weighted by molar-refractivity contribution is 5.77. The second-order valence-electron chi connectivity index (χ2n) is 2.53. The third-order valence-electron chi connectivity index (χ3n) is 1.78. The van der Waals surface area contributed by atoms with Crippen LogP contribution in [0, 0.1) is 0 Å². The second-order valence-corrected chi connectivity index (χ2v) is 2.53. The van der Waals surface area contributed by atoms with Gasteiger partial charge in [0.15, 0.2) is 0 Å². The number of rotatable bonds is 4. The largest absolute Gasteiger partial charge is 0.496 e. The van der Waals surface area contributed by atoms with Gasteiger partial charge in [0.2, 0.25) is 6.29 Å². The van der Waals surface area contributed by atoms with Crippen molar-refractivity contribution in [2.75, 3.05) is 14.2 Å². The molecule has 0 bridgehead atoms. The molecule has 1 aromatic rings. The van der Waals surface area contributed by atoms with Crippen LogP contribution in [0.15, 0.2) is 24.3 Å². The Kier molecular flexibility index (Phi) is 3.73. The third kappa shape index (κ3) is 2.13. The number of hydrogen-bond donors (Lipinski definition) is 0. The molecule has 0 fully saturated rings. The first kappa shape index (κ1) is 10.3. The van der Waals surface area contributed by atoms with Gasteiger partial charge in [0.05, 0.1) is 19.8 Å². The zero-order valence-electron chi connectivity index (χ0n) is 8.11. The van der Waals surface area contributed by atoms with Gasteiger partial charge in [0.1, 0.15) is 11.5 Å². The molecule has 0 aromatic heterocycles. The summed E-state index contributed by atoms with van der Waals surface area (Å²) in [5, 5.41) is 0. The molecule has 1 radical (unpaired) electrons. The lowest BCUT2D eigenvalue weighted by atomic mass is 10.1. The molecule has 3 heteroatoms. The van der Waals surface area contributed by atoms with E-state index in [9.17, 15) is 4.79 Å². The predicted octanol–water partition coefficient (Wildman–Crippen LogP) is 1.83. The standard InChI is InChI=1S/C11H11O3/c1-13-10-6-3-7-11(14-2)9(10)5-4-8-12/h3-7H,1-2H3/b5-4+. The lowest BCUT2D eigenvalue weighted by molar-refractivity contribution is 0.392. The molecule has 0 aliphatic rings. The van der Waals surface area contributed by atoms with Crippen molar-refractivity contribution in [3.63, 3.8) is 0 Å². The first-order valence-corrected chi connectivity index (χ1v) is 4.08. The maximum absolute atomic E-state index is 10.1. The summed E-state index contributed by atoms with van der Waals surface area (Å²) < 4.78 is 10.2. The van der Waals surface area contributed by atoms with Crippen molar-refractivity contribution in [3.05, 3.63) is 29.8 Å². The summed E-state index contributed by atoms with van der Waals surface area (Å²) >= 11 is 0. The highest BCUT2D eigenvalue weighted by Crippen LogP contribution is 2.29. The van der Waals surface area contributed by atoms with Crippen LogP contribution in [0.2, 0.25) is 0 Å². The van der Waals surface area contributed by atoms with Crippen molar-refractivity contribution in [1.29, 1.82) is 0 Å². The van der Waals surface area contributed by atoms with Gasteiger partial charge in [-0.25, -0.2) is 0 Å². The minimum atomic E-state index is 0.663. The maximum Gasteiger partial charge on any atom is 0.225 e. The van der Waals surface area contributed by atoms with Crippen LogP contribution in [-0.2, 0) is 4.79 Å². The Balaban J connectivity index is 3.18. The fourth-order valence-corrected chi connectivity index (χ4v) is 1.16. The first-order chi connectivity index (χ1) is 6.83. The van der Waals surface area contributed by atoms with Gasteiger partial charge in [-0.3, -0.25) is 4.79 Å². The molecule has 0 aliphatic heterocycles. The summed E-state index contributed by atoms with van der Waals surface area (Å²) in [5.74, 6) is 1.33. The average molecular weight is 191 g/mol. The van der Waals surface area contributed by atoms with Crippen molar-refractivity contribution in [2.45, 2.75) is 0 Å². The van der Waals surface area contributed by atoms with Gasteiger partial charge in [0, 0.05) is 0 Å². The van der Waals surface area contributed by atoms with Crippen molar-refractivity contribution < 1.29 is 14.3 Å². The zero-order valence-corrected chi connectivity index (χ0v) is 8.11. The molecule has 1 rings (SSSR count). The molecular formula is C11H11O3. The Morgan fingerprint density at radius 2 is 1.79 bits per heavy atom. The van der Waals surface area contributed by atoms with E-state index in [4.69, 9.17) is 9.47 Å². The van der Waals surface area contributed by atoms with Crippen LogP contribution in [0.3, 0.4) is 0 Å². The number of carbonyl (C=O) groups excluding carboxylic acids is 1. The van der Waals surface area contributed by atoms with Crippen molar-refractivity contribution in [3.8, 4) is 11.5 Å². The topological polar surface area (TPSA) is 35.5 Å². The van der Waals surface area contributed by atoms with E-state index in [0.717, 1.165) is 5.56 Å². The quantitative estimate of drug-likeness (QED) is 0.681. The van der Waals surface area contributed by atoms with Crippen LogP contribution in [-0.4, -0.2) is 20.5 Å². The molecule has 0 unspecified atom stereocenters. The lowest BCUT2D eigenvalue weighted by Gasteiger charge is -2.08. The van der Waals surface area contributed by atoms with Gasteiger partial charge < -0.3 is 9.47 Å². The van der Waals surface area contributed by atoms with Crippen LogP contribution in [0.4, 0.5) is 0 Å². The zero-order chi connectivity index (χ0) is 10.4. The monoisotopic (exact) mass is 191 g/mol. The summed E-state index contributed by atoms with van der Waals surface area (Å²) in [6.07, 6.45) is 4.56. The van der Waals surface area contributed by atoms with Crippen LogP contribution in [0.25, 0.3) is 6.08 Å². The molecule has 1 aromatic carbocycles. The fraction of sp³-hybridized carbons (Fsp3) is 0.182.